The van der Waals surface area contributed by atoms with Crippen LogP contribution >= 0.6 is 0 Å². The Morgan fingerprint density at radius 1 is 1.15 bits per heavy atom. The third-order valence-corrected chi connectivity index (χ3v) is 4.32. The molecule has 138 valence electrons. The molecule has 3 aromatic heterocycles. The van der Waals surface area contributed by atoms with E-state index >= 15 is 0 Å². The topological polar surface area (TPSA) is 90.1 Å². The summed E-state index contributed by atoms with van der Waals surface area (Å²) in [5.41, 5.74) is 0.695. The number of imidazole rings is 1. The molecule has 0 bridgehead atoms. The summed E-state index contributed by atoms with van der Waals surface area (Å²) >= 11 is 0. The van der Waals surface area contributed by atoms with Gasteiger partial charge >= 0.3 is 0 Å². The summed E-state index contributed by atoms with van der Waals surface area (Å²) in [6, 6.07) is 2.72. The Balaban J connectivity index is 2.03. The van der Waals surface area contributed by atoms with Gasteiger partial charge in [0.15, 0.2) is 17.1 Å². The van der Waals surface area contributed by atoms with E-state index < -0.39 is 17.2 Å². The molecule has 27 heavy (non-hydrogen) atoms. The third kappa shape index (κ3) is 2.40. The molecule has 0 fully saturated rings. The lowest BCUT2D eigenvalue weighted by atomic mass is 10.0. The van der Waals surface area contributed by atoms with Crippen LogP contribution in [0.2, 0.25) is 0 Å². The number of halogens is 2. The van der Waals surface area contributed by atoms with Gasteiger partial charge < -0.3 is 9.72 Å². The molecule has 0 spiro atoms. The first-order valence-corrected chi connectivity index (χ1v) is 7.91. The fourth-order valence-corrected chi connectivity index (χ4v) is 3.07. The summed E-state index contributed by atoms with van der Waals surface area (Å²) in [6.07, 6.45) is 2.71. The number of benzene rings is 1. The van der Waals surface area contributed by atoms with Crippen molar-refractivity contribution in [3.63, 3.8) is 0 Å². The first-order valence-electron chi connectivity index (χ1n) is 7.91. The lowest BCUT2D eigenvalue weighted by molar-refractivity contribution is 0.372. The van der Waals surface area contributed by atoms with E-state index in [2.05, 4.69) is 20.2 Å². The fraction of sp³-hybridized carbons (Fsp3) is 0.176. The predicted molar refractivity (Wildman–Crippen MR) is 92.5 cm³/mol. The van der Waals surface area contributed by atoms with Crippen LogP contribution in [-0.4, -0.2) is 36.5 Å². The average molecular weight is 372 g/mol. The third-order valence-electron chi connectivity index (χ3n) is 4.32. The Labute approximate surface area is 151 Å². The molecule has 0 saturated heterocycles. The number of nitrogens with zero attached hydrogens (tertiary/aromatic N) is 5. The second kappa shape index (κ2) is 6.01. The number of aromatic amines is 1. The minimum atomic E-state index is -1.10. The second-order valence-electron chi connectivity index (χ2n) is 5.86. The lowest BCUT2D eigenvalue weighted by Crippen LogP contribution is -2.11. The normalized spacial score (nSPS) is 11.3. The SMILES string of the molecule is COc1ccc(-c2c(-c3nc(C)n4nc[nH]c(=O)c34)cnn2C)c(F)c1F. The molecule has 10 heteroatoms. The van der Waals surface area contributed by atoms with Gasteiger partial charge in [-0.15, -0.1) is 0 Å². The summed E-state index contributed by atoms with van der Waals surface area (Å²) in [4.78, 5) is 19.2. The first-order chi connectivity index (χ1) is 12.9. The molecule has 4 rings (SSSR count). The van der Waals surface area contributed by atoms with Gasteiger partial charge in [-0.2, -0.15) is 14.6 Å². The molecule has 0 amide bonds. The highest BCUT2D eigenvalue weighted by atomic mass is 19.2. The maximum Gasteiger partial charge on any atom is 0.277 e. The van der Waals surface area contributed by atoms with E-state index in [0.717, 1.165) is 0 Å². The number of aromatic nitrogens is 6. The van der Waals surface area contributed by atoms with Crippen LogP contribution in [0.15, 0.2) is 29.5 Å². The number of ether oxygens (including phenoxy) is 1. The zero-order valence-electron chi connectivity index (χ0n) is 14.6. The highest BCUT2D eigenvalue weighted by Gasteiger charge is 2.24. The summed E-state index contributed by atoms with van der Waals surface area (Å²) < 4.78 is 36.5. The number of H-pyrrole nitrogens is 1. The maximum absolute atomic E-state index is 14.7. The molecular formula is C17H14F2N6O2. The van der Waals surface area contributed by atoms with Gasteiger partial charge in [0.05, 0.1) is 19.0 Å². The predicted octanol–water partition coefficient (Wildman–Crippen LogP) is 2.08. The number of methoxy groups -OCH3 is 1. The van der Waals surface area contributed by atoms with Crippen molar-refractivity contribution >= 4 is 5.52 Å². The zero-order valence-corrected chi connectivity index (χ0v) is 14.6. The summed E-state index contributed by atoms with van der Waals surface area (Å²) in [5.74, 6) is -1.91. The summed E-state index contributed by atoms with van der Waals surface area (Å²) in [6.45, 7) is 1.69. The van der Waals surface area contributed by atoms with Crippen LogP contribution in [0.1, 0.15) is 5.82 Å². The highest BCUT2D eigenvalue weighted by Crippen LogP contribution is 2.36. The van der Waals surface area contributed by atoms with Crippen molar-refractivity contribution in [2.75, 3.05) is 7.11 Å². The molecule has 0 aliphatic heterocycles. The van der Waals surface area contributed by atoms with Crippen LogP contribution < -0.4 is 10.3 Å². The van der Waals surface area contributed by atoms with Crippen molar-refractivity contribution in [1.29, 1.82) is 0 Å². The minimum Gasteiger partial charge on any atom is -0.494 e. The van der Waals surface area contributed by atoms with Gasteiger partial charge in [0.2, 0.25) is 5.82 Å². The van der Waals surface area contributed by atoms with Crippen molar-refractivity contribution in [1.82, 2.24) is 29.4 Å². The molecule has 0 radical (unpaired) electrons. The van der Waals surface area contributed by atoms with E-state index in [1.165, 1.54) is 41.0 Å². The average Bonchev–Trinajstić information content (AvgIpc) is 3.19. The van der Waals surface area contributed by atoms with E-state index in [4.69, 9.17) is 4.74 Å². The second-order valence-corrected chi connectivity index (χ2v) is 5.86. The Bertz CT molecular complexity index is 1240. The number of rotatable bonds is 3. The molecule has 3 heterocycles. The Hall–Kier alpha value is -3.56. The van der Waals surface area contributed by atoms with Gasteiger partial charge in [-0.05, 0) is 19.1 Å². The van der Waals surface area contributed by atoms with Crippen LogP contribution in [-0.2, 0) is 7.05 Å². The number of hydrogen-bond acceptors (Lipinski definition) is 5. The Morgan fingerprint density at radius 3 is 2.67 bits per heavy atom. The highest BCUT2D eigenvalue weighted by molar-refractivity contribution is 5.86. The van der Waals surface area contributed by atoms with Crippen LogP contribution in [0.25, 0.3) is 28.0 Å². The zero-order chi connectivity index (χ0) is 19.3. The molecule has 0 aliphatic carbocycles. The standard InChI is InChI=1S/C17H14F2N6O2/c1-8-23-14(16-17(26)20-7-22-25(8)16)10-6-21-24(2)15(10)9-4-5-11(27-3)13(19)12(9)18/h4-7H,1-3H3,(H,20,22,26). The molecule has 1 N–H and O–H groups in total. The van der Waals surface area contributed by atoms with Gasteiger partial charge in [0.25, 0.3) is 5.56 Å². The summed E-state index contributed by atoms with van der Waals surface area (Å²) in [7, 11) is 2.85. The van der Waals surface area contributed by atoms with Crippen LogP contribution in [0, 0.1) is 18.6 Å². The van der Waals surface area contributed by atoms with Crippen LogP contribution in [0.3, 0.4) is 0 Å². The van der Waals surface area contributed by atoms with Gasteiger partial charge in [-0.1, -0.05) is 0 Å². The molecule has 0 atom stereocenters. The van der Waals surface area contributed by atoms with Gasteiger partial charge in [0.1, 0.15) is 17.8 Å². The van der Waals surface area contributed by atoms with E-state index in [0.29, 0.717) is 11.4 Å². The lowest BCUT2D eigenvalue weighted by Gasteiger charge is -2.10. The minimum absolute atomic E-state index is 0.0255. The largest absolute Gasteiger partial charge is 0.494 e. The van der Waals surface area contributed by atoms with Gasteiger partial charge in [-0.3, -0.25) is 9.48 Å². The quantitative estimate of drug-likeness (QED) is 0.595. The molecule has 4 aromatic rings. The van der Waals surface area contributed by atoms with E-state index in [1.807, 2.05) is 0 Å². The Morgan fingerprint density at radius 2 is 1.93 bits per heavy atom. The molecule has 0 unspecified atom stereocenters. The monoisotopic (exact) mass is 372 g/mol. The number of hydrogen-bond donors (Lipinski definition) is 1. The van der Waals surface area contributed by atoms with Crippen LogP contribution in [0.5, 0.6) is 5.75 Å². The first kappa shape index (κ1) is 16.9. The van der Waals surface area contributed by atoms with E-state index in [9.17, 15) is 13.6 Å². The molecule has 0 saturated carbocycles. The van der Waals surface area contributed by atoms with Gasteiger partial charge in [-0.25, -0.2) is 13.9 Å². The molecular weight excluding hydrogens is 358 g/mol. The van der Waals surface area contributed by atoms with Crippen molar-refractivity contribution in [3.8, 4) is 28.3 Å². The fourth-order valence-electron chi connectivity index (χ4n) is 3.07. The number of nitrogens with one attached hydrogen (secondary N) is 1. The van der Waals surface area contributed by atoms with E-state index in [-0.39, 0.29) is 28.2 Å². The smallest absolute Gasteiger partial charge is 0.277 e. The molecule has 0 aliphatic rings. The Kier molecular flexibility index (Phi) is 3.76. The van der Waals surface area contributed by atoms with E-state index in [1.54, 1.807) is 14.0 Å². The maximum atomic E-state index is 14.7. The van der Waals surface area contributed by atoms with Crippen molar-refractivity contribution in [2.24, 2.45) is 7.05 Å². The van der Waals surface area contributed by atoms with Crippen LogP contribution in [0.4, 0.5) is 8.78 Å². The van der Waals surface area contributed by atoms with Gasteiger partial charge in [0, 0.05) is 18.2 Å². The van der Waals surface area contributed by atoms with Crippen molar-refractivity contribution < 1.29 is 13.5 Å². The number of aryl methyl sites for hydroxylation is 2. The number of fused-ring (bicyclic) bond motifs is 1. The molecule has 1 aromatic carbocycles. The van der Waals surface area contributed by atoms with Crippen molar-refractivity contribution in [3.05, 3.63) is 52.5 Å². The summed E-state index contributed by atoms with van der Waals surface area (Å²) in [5, 5.41) is 8.21. The van der Waals surface area contributed by atoms with Crippen molar-refractivity contribution in [2.45, 2.75) is 6.92 Å². The molecule has 8 nitrogen and oxygen atoms in total.